The van der Waals surface area contributed by atoms with E-state index in [1.165, 1.54) is 0 Å². The van der Waals surface area contributed by atoms with Crippen molar-refractivity contribution in [3.63, 3.8) is 0 Å². The van der Waals surface area contributed by atoms with Crippen LogP contribution in [0.5, 0.6) is 0 Å². The van der Waals surface area contributed by atoms with Crippen molar-refractivity contribution in [2.75, 3.05) is 6.54 Å². The van der Waals surface area contributed by atoms with E-state index in [9.17, 15) is 19.2 Å². The van der Waals surface area contributed by atoms with Gasteiger partial charge in [0.1, 0.15) is 12.1 Å². The smallest absolute Gasteiger partial charge is 0.326 e. The Kier molecular flexibility index (Phi) is 5.48. The van der Waals surface area contributed by atoms with E-state index in [1.54, 1.807) is 6.92 Å². The van der Waals surface area contributed by atoms with E-state index in [4.69, 9.17) is 10.2 Å². The summed E-state index contributed by atoms with van der Waals surface area (Å²) in [4.78, 5) is 46.5. The molecule has 1 rings (SSSR count). The Hall–Kier alpha value is -2.12. The average molecular weight is 286 g/mol. The van der Waals surface area contributed by atoms with Crippen LogP contribution >= 0.6 is 0 Å². The minimum absolute atomic E-state index is 0.136. The number of rotatable bonds is 4. The summed E-state index contributed by atoms with van der Waals surface area (Å²) < 4.78 is 0. The molecule has 8 heteroatoms. The lowest BCUT2D eigenvalue weighted by Crippen LogP contribution is -2.54. The van der Waals surface area contributed by atoms with Gasteiger partial charge in [-0.3, -0.25) is 9.59 Å². The summed E-state index contributed by atoms with van der Waals surface area (Å²) in [6.45, 7) is 1.75. The predicted molar refractivity (Wildman–Crippen MR) is 66.8 cm³/mol. The van der Waals surface area contributed by atoms with Crippen LogP contribution < -0.4 is 5.32 Å². The maximum Gasteiger partial charge on any atom is 0.326 e. The van der Waals surface area contributed by atoms with Crippen molar-refractivity contribution < 1.29 is 29.4 Å². The first kappa shape index (κ1) is 15.9. The lowest BCUT2D eigenvalue weighted by Gasteiger charge is -2.32. The third kappa shape index (κ3) is 3.69. The molecule has 0 aromatic rings. The molecule has 2 atom stereocenters. The van der Waals surface area contributed by atoms with Crippen LogP contribution in [-0.4, -0.2) is 57.5 Å². The number of piperidine rings is 1. The molecule has 1 unspecified atom stereocenters. The molecule has 0 bridgehead atoms. The van der Waals surface area contributed by atoms with E-state index in [0.717, 1.165) is 4.90 Å². The SMILES string of the molecule is CCC(NC(=O)C(=O)N1CCCC[C@@H]1C(=O)O)C(=O)O. The number of aliphatic carboxylic acids is 2. The predicted octanol–water partition coefficient (Wildman–Crippen LogP) is -0.568. The molecule has 0 saturated carbocycles. The minimum atomic E-state index is -1.23. The van der Waals surface area contributed by atoms with E-state index < -0.39 is 35.8 Å². The van der Waals surface area contributed by atoms with Gasteiger partial charge >= 0.3 is 23.8 Å². The van der Waals surface area contributed by atoms with Crippen LogP contribution in [-0.2, 0) is 19.2 Å². The quantitative estimate of drug-likeness (QED) is 0.595. The van der Waals surface area contributed by atoms with Gasteiger partial charge in [-0.05, 0) is 25.7 Å². The molecule has 1 fully saturated rings. The standard InChI is InChI=1S/C12H18N2O6/c1-2-7(11(17)18)13-9(15)10(16)14-6-4-3-5-8(14)12(19)20/h7-8H,2-6H2,1H3,(H,13,15)(H,17,18)(H,19,20)/t7?,8-/m1/s1. The summed E-state index contributed by atoms with van der Waals surface area (Å²) in [5.41, 5.74) is 0. The number of amides is 2. The fourth-order valence-electron chi connectivity index (χ4n) is 2.12. The fourth-order valence-corrected chi connectivity index (χ4v) is 2.12. The molecular weight excluding hydrogens is 268 g/mol. The highest BCUT2D eigenvalue weighted by Gasteiger charge is 2.35. The number of nitrogens with zero attached hydrogens (tertiary/aromatic N) is 1. The van der Waals surface area contributed by atoms with Crippen LogP contribution in [0.1, 0.15) is 32.6 Å². The van der Waals surface area contributed by atoms with Crippen LogP contribution in [0.25, 0.3) is 0 Å². The van der Waals surface area contributed by atoms with E-state index in [0.29, 0.717) is 19.3 Å². The number of carboxylic acid groups (broad SMARTS) is 2. The molecule has 20 heavy (non-hydrogen) atoms. The molecule has 1 aliphatic heterocycles. The summed E-state index contributed by atoms with van der Waals surface area (Å²) in [6.07, 6.45) is 1.73. The Morgan fingerprint density at radius 2 is 1.90 bits per heavy atom. The van der Waals surface area contributed by atoms with Gasteiger partial charge in [0, 0.05) is 6.54 Å². The minimum Gasteiger partial charge on any atom is -0.480 e. The van der Waals surface area contributed by atoms with Gasteiger partial charge in [0.05, 0.1) is 0 Å². The summed E-state index contributed by atoms with van der Waals surface area (Å²) in [5, 5.41) is 20.0. The highest BCUT2D eigenvalue weighted by Crippen LogP contribution is 2.17. The van der Waals surface area contributed by atoms with Gasteiger partial charge in [-0.15, -0.1) is 0 Å². The first-order chi connectivity index (χ1) is 9.38. The first-order valence-electron chi connectivity index (χ1n) is 6.45. The van der Waals surface area contributed by atoms with Crippen molar-refractivity contribution in [3.05, 3.63) is 0 Å². The molecule has 1 heterocycles. The van der Waals surface area contributed by atoms with Gasteiger partial charge < -0.3 is 20.4 Å². The van der Waals surface area contributed by atoms with Crippen LogP contribution in [0.4, 0.5) is 0 Å². The Bertz CT molecular complexity index is 422. The summed E-state index contributed by atoms with van der Waals surface area (Å²) >= 11 is 0. The van der Waals surface area contributed by atoms with Crippen molar-refractivity contribution >= 4 is 23.8 Å². The number of likely N-dealkylation sites (tertiary alicyclic amines) is 1. The van der Waals surface area contributed by atoms with Gasteiger partial charge in [0.15, 0.2) is 0 Å². The maximum absolute atomic E-state index is 11.9. The van der Waals surface area contributed by atoms with Gasteiger partial charge in [-0.1, -0.05) is 6.92 Å². The second kappa shape index (κ2) is 6.88. The zero-order chi connectivity index (χ0) is 15.3. The van der Waals surface area contributed by atoms with Crippen LogP contribution in [0.3, 0.4) is 0 Å². The third-order valence-corrected chi connectivity index (χ3v) is 3.25. The van der Waals surface area contributed by atoms with Gasteiger partial charge in [-0.25, -0.2) is 9.59 Å². The lowest BCUT2D eigenvalue weighted by atomic mass is 10.0. The second-order valence-electron chi connectivity index (χ2n) is 4.62. The van der Waals surface area contributed by atoms with E-state index >= 15 is 0 Å². The summed E-state index contributed by atoms with van der Waals surface area (Å²) in [7, 11) is 0. The van der Waals surface area contributed by atoms with E-state index in [2.05, 4.69) is 5.32 Å². The number of carbonyl (C=O) groups is 4. The monoisotopic (exact) mass is 286 g/mol. The molecule has 1 saturated heterocycles. The topological polar surface area (TPSA) is 124 Å². The number of hydrogen-bond acceptors (Lipinski definition) is 4. The molecule has 0 aromatic carbocycles. The van der Waals surface area contributed by atoms with Crippen molar-refractivity contribution in [1.29, 1.82) is 0 Å². The summed E-state index contributed by atoms with van der Waals surface area (Å²) in [6, 6.07) is -2.17. The molecule has 2 amide bonds. The van der Waals surface area contributed by atoms with Crippen molar-refractivity contribution in [2.45, 2.75) is 44.7 Å². The van der Waals surface area contributed by atoms with Crippen LogP contribution in [0.2, 0.25) is 0 Å². The molecule has 0 radical (unpaired) electrons. The summed E-state index contributed by atoms with van der Waals surface area (Å²) in [5.74, 6) is -4.46. The molecule has 0 aromatic heterocycles. The lowest BCUT2D eigenvalue weighted by molar-refractivity contribution is -0.157. The molecule has 1 aliphatic rings. The van der Waals surface area contributed by atoms with Gasteiger partial charge in [-0.2, -0.15) is 0 Å². The molecule has 112 valence electrons. The maximum atomic E-state index is 11.9. The largest absolute Gasteiger partial charge is 0.480 e. The Balaban J connectivity index is 2.74. The van der Waals surface area contributed by atoms with Crippen molar-refractivity contribution in [2.24, 2.45) is 0 Å². The number of nitrogens with one attached hydrogen (secondary N) is 1. The van der Waals surface area contributed by atoms with Crippen molar-refractivity contribution in [1.82, 2.24) is 10.2 Å². The van der Waals surface area contributed by atoms with Gasteiger partial charge in [0.25, 0.3) is 0 Å². The number of hydrogen-bond donors (Lipinski definition) is 3. The Labute approximate surface area is 115 Å². The molecule has 0 aliphatic carbocycles. The molecule has 8 nitrogen and oxygen atoms in total. The molecular formula is C12H18N2O6. The highest BCUT2D eigenvalue weighted by atomic mass is 16.4. The Morgan fingerprint density at radius 3 is 2.40 bits per heavy atom. The Morgan fingerprint density at radius 1 is 1.25 bits per heavy atom. The third-order valence-electron chi connectivity index (χ3n) is 3.25. The first-order valence-corrected chi connectivity index (χ1v) is 6.45. The van der Waals surface area contributed by atoms with E-state index in [-0.39, 0.29) is 13.0 Å². The fraction of sp³-hybridized carbons (Fsp3) is 0.667. The van der Waals surface area contributed by atoms with E-state index in [1.807, 2.05) is 0 Å². The highest BCUT2D eigenvalue weighted by molar-refractivity contribution is 6.35. The number of carboxylic acids is 2. The average Bonchev–Trinajstić information content (AvgIpc) is 2.43. The second-order valence-corrected chi connectivity index (χ2v) is 4.62. The van der Waals surface area contributed by atoms with Gasteiger partial charge in [0.2, 0.25) is 0 Å². The van der Waals surface area contributed by atoms with Crippen LogP contribution in [0.15, 0.2) is 0 Å². The zero-order valence-electron chi connectivity index (χ0n) is 11.2. The van der Waals surface area contributed by atoms with Crippen molar-refractivity contribution in [3.8, 4) is 0 Å². The molecule has 3 N–H and O–H groups in total. The number of carbonyl (C=O) groups excluding carboxylic acids is 2. The molecule has 0 spiro atoms. The normalized spacial score (nSPS) is 20.1. The zero-order valence-corrected chi connectivity index (χ0v) is 11.2. The van der Waals surface area contributed by atoms with Crippen LogP contribution in [0, 0.1) is 0 Å².